The van der Waals surface area contributed by atoms with E-state index in [1.54, 1.807) is 0 Å². The van der Waals surface area contributed by atoms with Crippen molar-refractivity contribution in [2.75, 3.05) is 12.4 Å². The average Bonchev–Trinajstić information content (AvgIpc) is 2.19. The molecule has 1 amide bonds. The minimum absolute atomic E-state index is 0.0357. The molecule has 1 aromatic carbocycles. The van der Waals surface area contributed by atoms with Gasteiger partial charge in [-0.3, -0.25) is 4.79 Å². The Kier molecular flexibility index (Phi) is 3.49. The number of amides is 1. The van der Waals surface area contributed by atoms with Crippen molar-refractivity contribution in [2.45, 2.75) is 19.4 Å². The molecule has 4 nitrogen and oxygen atoms in total. The van der Waals surface area contributed by atoms with Crippen LogP contribution in [0.15, 0.2) is 18.2 Å². The van der Waals surface area contributed by atoms with Crippen LogP contribution in [-0.4, -0.2) is 23.7 Å². The smallest absolute Gasteiger partial charge is 0.255 e. The fourth-order valence-corrected chi connectivity index (χ4v) is 1.02. The van der Waals surface area contributed by atoms with Crippen LogP contribution in [0.3, 0.4) is 0 Å². The molecule has 0 saturated heterocycles. The van der Waals surface area contributed by atoms with Gasteiger partial charge in [0.25, 0.3) is 5.91 Å². The predicted octanol–water partition coefficient (Wildman–Crippen LogP) is 1.54. The number of ether oxygens (including phenoxy) is 1. The molecule has 5 heteroatoms. The van der Waals surface area contributed by atoms with Crippen LogP contribution in [-0.2, 0) is 4.79 Å². The molecule has 0 spiro atoms. The molecule has 0 aromatic heterocycles. The molecule has 0 atom stereocenters. The quantitative estimate of drug-likeness (QED) is 0.823. The van der Waals surface area contributed by atoms with Gasteiger partial charge in [0.15, 0.2) is 11.6 Å². The van der Waals surface area contributed by atoms with E-state index in [0.29, 0.717) is 5.69 Å². The number of methoxy groups -OCH3 is 1. The maximum Gasteiger partial charge on any atom is 0.255 e. The number of benzene rings is 1. The minimum atomic E-state index is -1.48. The fraction of sp³-hybridized carbons (Fsp3) is 0.364. The van der Waals surface area contributed by atoms with E-state index in [1.165, 1.54) is 39.2 Å². The standard InChI is InChI=1S/C11H14FNO3/c1-11(2,15)10(14)13-7-4-5-8(12)9(6-7)16-3/h4-6,15H,1-3H3,(H,13,14). The van der Waals surface area contributed by atoms with Crippen molar-refractivity contribution in [3.8, 4) is 5.75 Å². The van der Waals surface area contributed by atoms with E-state index in [4.69, 9.17) is 4.74 Å². The molecule has 0 fully saturated rings. The second-order valence-electron chi connectivity index (χ2n) is 3.86. The number of carbonyl (C=O) groups is 1. The third-order valence-corrected chi connectivity index (χ3v) is 1.96. The monoisotopic (exact) mass is 227 g/mol. The Hall–Kier alpha value is -1.62. The topological polar surface area (TPSA) is 58.6 Å². The summed E-state index contributed by atoms with van der Waals surface area (Å²) in [5.41, 5.74) is -1.12. The van der Waals surface area contributed by atoms with Crippen LogP contribution in [0.5, 0.6) is 5.75 Å². The highest BCUT2D eigenvalue weighted by Gasteiger charge is 2.23. The van der Waals surface area contributed by atoms with Gasteiger partial charge in [-0.1, -0.05) is 0 Å². The molecule has 1 rings (SSSR count). The van der Waals surface area contributed by atoms with Crippen molar-refractivity contribution in [1.82, 2.24) is 0 Å². The Morgan fingerprint density at radius 2 is 2.12 bits per heavy atom. The summed E-state index contributed by atoms with van der Waals surface area (Å²) in [6.07, 6.45) is 0. The number of aliphatic hydroxyl groups is 1. The van der Waals surface area contributed by atoms with E-state index in [0.717, 1.165) is 0 Å². The van der Waals surface area contributed by atoms with Crippen molar-refractivity contribution in [3.05, 3.63) is 24.0 Å². The van der Waals surface area contributed by atoms with Crippen molar-refractivity contribution in [1.29, 1.82) is 0 Å². The van der Waals surface area contributed by atoms with E-state index in [9.17, 15) is 14.3 Å². The van der Waals surface area contributed by atoms with Gasteiger partial charge in [-0.25, -0.2) is 4.39 Å². The number of halogens is 1. The van der Waals surface area contributed by atoms with Crippen molar-refractivity contribution in [3.63, 3.8) is 0 Å². The Bertz CT molecular complexity index is 399. The van der Waals surface area contributed by atoms with Crippen LogP contribution in [0.1, 0.15) is 13.8 Å². The van der Waals surface area contributed by atoms with Gasteiger partial charge in [-0.15, -0.1) is 0 Å². The van der Waals surface area contributed by atoms with Crippen molar-refractivity contribution in [2.24, 2.45) is 0 Å². The summed E-state index contributed by atoms with van der Waals surface area (Å²) in [7, 11) is 1.33. The summed E-state index contributed by atoms with van der Waals surface area (Å²) in [6.45, 7) is 2.73. The highest BCUT2D eigenvalue weighted by molar-refractivity contribution is 5.96. The van der Waals surface area contributed by atoms with Crippen LogP contribution in [0.2, 0.25) is 0 Å². The molecule has 16 heavy (non-hydrogen) atoms. The lowest BCUT2D eigenvalue weighted by atomic mass is 10.1. The van der Waals surface area contributed by atoms with Crippen molar-refractivity contribution < 1.29 is 19.0 Å². The first-order valence-corrected chi connectivity index (χ1v) is 4.72. The van der Waals surface area contributed by atoms with E-state index >= 15 is 0 Å². The van der Waals surface area contributed by atoms with Crippen LogP contribution in [0.4, 0.5) is 10.1 Å². The first-order chi connectivity index (χ1) is 7.34. The molecule has 0 saturated carbocycles. The summed E-state index contributed by atoms with van der Waals surface area (Å²) in [6, 6.07) is 3.92. The summed E-state index contributed by atoms with van der Waals surface area (Å²) in [5.74, 6) is -1.04. The van der Waals surface area contributed by atoms with Gasteiger partial charge in [-0.2, -0.15) is 0 Å². The zero-order chi connectivity index (χ0) is 12.3. The first kappa shape index (κ1) is 12.4. The molecule has 0 radical (unpaired) electrons. The maximum atomic E-state index is 13.1. The zero-order valence-electron chi connectivity index (χ0n) is 9.37. The van der Waals surface area contributed by atoms with Crippen LogP contribution < -0.4 is 10.1 Å². The second kappa shape index (κ2) is 4.49. The summed E-state index contributed by atoms with van der Waals surface area (Å²) in [4.78, 5) is 11.4. The van der Waals surface area contributed by atoms with Gasteiger partial charge in [0.05, 0.1) is 7.11 Å². The third kappa shape index (κ3) is 2.93. The number of nitrogens with one attached hydrogen (secondary N) is 1. The Balaban J connectivity index is 2.87. The Morgan fingerprint density at radius 3 is 2.62 bits per heavy atom. The molecule has 0 heterocycles. The largest absolute Gasteiger partial charge is 0.494 e. The molecule has 88 valence electrons. The SMILES string of the molecule is COc1cc(NC(=O)C(C)(C)O)ccc1F. The molecular formula is C11H14FNO3. The number of anilines is 1. The number of hydrogen-bond donors (Lipinski definition) is 2. The molecule has 0 aliphatic heterocycles. The van der Waals surface area contributed by atoms with Crippen LogP contribution in [0, 0.1) is 5.82 Å². The van der Waals surface area contributed by atoms with E-state index in [-0.39, 0.29) is 5.75 Å². The number of carbonyl (C=O) groups excluding carboxylic acids is 1. The van der Waals surface area contributed by atoms with Gasteiger partial charge >= 0.3 is 0 Å². The van der Waals surface area contributed by atoms with Gasteiger partial charge in [0, 0.05) is 11.8 Å². The lowest BCUT2D eigenvalue weighted by molar-refractivity contribution is -0.130. The summed E-state index contributed by atoms with van der Waals surface area (Å²) < 4.78 is 17.8. The lowest BCUT2D eigenvalue weighted by Crippen LogP contribution is -2.36. The normalized spacial score (nSPS) is 11.1. The van der Waals surface area contributed by atoms with Crippen molar-refractivity contribution >= 4 is 11.6 Å². The highest BCUT2D eigenvalue weighted by atomic mass is 19.1. The molecule has 0 bridgehead atoms. The third-order valence-electron chi connectivity index (χ3n) is 1.96. The first-order valence-electron chi connectivity index (χ1n) is 4.72. The molecule has 0 aliphatic carbocycles. The Labute approximate surface area is 93.0 Å². The second-order valence-corrected chi connectivity index (χ2v) is 3.86. The van der Waals surface area contributed by atoms with Gasteiger partial charge in [0.1, 0.15) is 5.60 Å². The fourth-order valence-electron chi connectivity index (χ4n) is 1.02. The molecular weight excluding hydrogens is 213 g/mol. The minimum Gasteiger partial charge on any atom is -0.494 e. The van der Waals surface area contributed by atoms with Crippen LogP contribution >= 0.6 is 0 Å². The van der Waals surface area contributed by atoms with Crippen LogP contribution in [0.25, 0.3) is 0 Å². The van der Waals surface area contributed by atoms with E-state index in [1.807, 2.05) is 0 Å². The number of hydrogen-bond acceptors (Lipinski definition) is 3. The Morgan fingerprint density at radius 1 is 1.50 bits per heavy atom. The number of rotatable bonds is 3. The van der Waals surface area contributed by atoms with E-state index in [2.05, 4.69) is 5.32 Å². The molecule has 2 N–H and O–H groups in total. The average molecular weight is 227 g/mol. The van der Waals surface area contributed by atoms with E-state index < -0.39 is 17.3 Å². The molecule has 1 aromatic rings. The lowest BCUT2D eigenvalue weighted by Gasteiger charge is -2.16. The maximum absolute atomic E-state index is 13.1. The van der Waals surface area contributed by atoms with Gasteiger partial charge in [-0.05, 0) is 26.0 Å². The highest BCUT2D eigenvalue weighted by Crippen LogP contribution is 2.22. The summed E-state index contributed by atoms with van der Waals surface area (Å²) >= 11 is 0. The summed E-state index contributed by atoms with van der Waals surface area (Å²) in [5, 5.41) is 11.9. The van der Waals surface area contributed by atoms with Gasteiger partial charge < -0.3 is 15.2 Å². The van der Waals surface area contributed by atoms with Gasteiger partial charge in [0.2, 0.25) is 0 Å². The molecule has 0 unspecified atom stereocenters. The zero-order valence-corrected chi connectivity index (χ0v) is 9.37. The molecule has 0 aliphatic rings. The predicted molar refractivity (Wildman–Crippen MR) is 57.9 cm³/mol.